The van der Waals surface area contributed by atoms with E-state index in [1.165, 1.54) is 17.2 Å². The number of aliphatic hydroxyl groups excluding tert-OH is 1. The minimum atomic E-state index is -0.858. The number of ether oxygens (including phenoxy) is 2. The predicted molar refractivity (Wildman–Crippen MR) is 135 cm³/mol. The van der Waals surface area contributed by atoms with Crippen molar-refractivity contribution in [1.82, 2.24) is 4.90 Å². The van der Waals surface area contributed by atoms with Crippen molar-refractivity contribution < 1.29 is 28.6 Å². The Morgan fingerprint density at radius 3 is 2.61 bits per heavy atom. The Balaban J connectivity index is 1.75. The number of allylic oxidation sites excluding steroid dienone is 1. The summed E-state index contributed by atoms with van der Waals surface area (Å²) in [5, 5.41) is 10.8. The molecule has 0 saturated heterocycles. The molecule has 1 amide bonds. The molecule has 7 heteroatoms. The van der Waals surface area contributed by atoms with Crippen LogP contribution in [0.3, 0.4) is 0 Å². The molecule has 1 aliphatic rings. The quantitative estimate of drug-likeness (QED) is 0.288. The van der Waals surface area contributed by atoms with Gasteiger partial charge in [0.15, 0.2) is 23.0 Å². The Kier molecular flexibility index (Phi) is 7.70. The first-order valence-corrected chi connectivity index (χ1v) is 11.6. The molecule has 1 aromatic heterocycles. The van der Waals surface area contributed by atoms with Crippen LogP contribution in [0.2, 0.25) is 0 Å². The van der Waals surface area contributed by atoms with Crippen LogP contribution in [0.25, 0.3) is 6.08 Å². The predicted octanol–water partition coefficient (Wildman–Crippen LogP) is 5.42. The van der Waals surface area contributed by atoms with Gasteiger partial charge in [0.1, 0.15) is 12.4 Å². The Labute approximate surface area is 209 Å². The molecule has 184 valence electrons. The zero-order valence-electron chi connectivity index (χ0n) is 19.9. The van der Waals surface area contributed by atoms with E-state index in [0.717, 1.165) is 5.56 Å². The summed E-state index contributed by atoms with van der Waals surface area (Å²) in [5.74, 6) is -0.225. The average Bonchev–Trinajstić information content (AvgIpc) is 3.50. The zero-order chi connectivity index (χ0) is 25.5. The smallest absolute Gasteiger partial charge is 0.290 e. The number of hydrogen-bond donors (Lipinski definition) is 1. The van der Waals surface area contributed by atoms with Crippen molar-refractivity contribution in [3.05, 3.63) is 114 Å². The zero-order valence-corrected chi connectivity index (χ0v) is 19.9. The minimum Gasteiger partial charge on any atom is -0.503 e. The van der Waals surface area contributed by atoms with Gasteiger partial charge in [-0.1, -0.05) is 55.1 Å². The van der Waals surface area contributed by atoms with Crippen LogP contribution in [0.4, 0.5) is 0 Å². The van der Waals surface area contributed by atoms with Crippen LogP contribution in [0, 0.1) is 0 Å². The third-order valence-corrected chi connectivity index (χ3v) is 5.64. The SMILES string of the molecule is C=CCOc1ccc(C2C(C(=O)/C=C/c3ccccc3)=C(O)C(=O)N2Cc2ccco2)cc1OCC. The number of aliphatic hydroxyl groups is 1. The lowest BCUT2D eigenvalue weighted by molar-refractivity contribution is -0.130. The molecule has 0 spiro atoms. The van der Waals surface area contributed by atoms with Gasteiger partial charge >= 0.3 is 0 Å². The van der Waals surface area contributed by atoms with E-state index >= 15 is 0 Å². The molecule has 2 aromatic carbocycles. The van der Waals surface area contributed by atoms with Gasteiger partial charge < -0.3 is 23.9 Å². The Hall–Kier alpha value is -4.52. The first-order valence-electron chi connectivity index (χ1n) is 11.6. The van der Waals surface area contributed by atoms with Crippen LogP contribution < -0.4 is 9.47 Å². The van der Waals surface area contributed by atoms with E-state index in [9.17, 15) is 14.7 Å². The van der Waals surface area contributed by atoms with Crippen molar-refractivity contribution in [3.63, 3.8) is 0 Å². The second kappa shape index (κ2) is 11.3. The highest BCUT2D eigenvalue weighted by molar-refractivity contribution is 6.14. The van der Waals surface area contributed by atoms with Gasteiger partial charge in [0.2, 0.25) is 0 Å². The number of rotatable bonds is 11. The monoisotopic (exact) mass is 485 g/mol. The number of carbonyl (C=O) groups excluding carboxylic acids is 2. The van der Waals surface area contributed by atoms with Gasteiger partial charge in [-0.15, -0.1) is 0 Å². The Bertz CT molecular complexity index is 1290. The van der Waals surface area contributed by atoms with E-state index in [-0.39, 0.29) is 12.1 Å². The topological polar surface area (TPSA) is 89.2 Å². The van der Waals surface area contributed by atoms with Gasteiger partial charge in [0.05, 0.1) is 31.0 Å². The second-order valence-corrected chi connectivity index (χ2v) is 8.02. The van der Waals surface area contributed by atoms with Gasteiger partial charge in [-0.3, -0.25) is 9.59 Å². The molecule has 1 atom stereocenters. The van der Waals surface area contributed by atoms with Gasteiger partial charge in [-0.05, 0) is 48.4 Å². The number of ketones is 1. The normalized spacial score (nSPS) is 15.5. The van der Waals surface area contributed by atoms with Crippen molar-refractivity contribution in [2.75, 3.05) is 13.2 Å². The van der Waals surface area contributed by atoms with E-state index in [4.69, 9.17) is 13.9 Å². The van der Waals surface area contributed by atoms with Crippen LogP contribution in [0.15, 0.2) is 101 Å². The first kappa shape index (κ1) is 24.6. The summed E-state index contributed by atoms with van der Waals surface area (Å²) in [7, 11) is 0. The maximum absolute atomic E-state index is 13.4. The van der Waals surface area contributed by atoms with E-state index in [1.807, 2.05) is 37.3 Å². The number of nitrogens with zero attached hydrogens (tertiary/aromatic N) is 1. The van der Waals surface area contributed by atoms with E-state index < -0.39 is 23.5 Å². The highest BCUT2D eigenvalue weighted by Gasteiger charge is 2.43. The van der Waals surface area contributed by atoms with Gasteiger partial charge in [-0.25, -0.2) is 0 Å². The average molecular weight is 486 g/mol. The molecular formula is C29H27NO6. The molecule has 36 heavy (non-hydrogen) atoms. The van der Waals surface area contributed by atoms with E-state index in [2.05, 4.69) is 6.58 Å². The fraction of sp³-hybridized carbons (Fsp3) is 0.172. The third-order valence-electron chi connectivity index (χ3n) is 5.64. The maximum Gasteiger partial charge on any atom is 0.290 e. The summed E-state index contributed by atoms with van der Waals surface area (Å²) in [5.41, 5.74) is 1.40. The molecule has 0 radical (unpaired) electrons. The molecule has 0 bridgehead atoms. The van der Waals surface area contributed by atoms with Crippen molar-refractivity contribution >= 4 is 17.8 Å². The van der Waals surface area contributed by atoms with Crippen LogP contribution in [0.5, 0.6) is 11.5 Å². The third kappa shape index (κ3) is 5.25. The van der Waals surface area contributed by atoms with Gasteiger partial charge in [-0.2, -0.15) is 0 Å². The molecular weight excluding hydrogens is 458 g/mol. The van der Waals surface area contributed by atoms with E-state index in [0.29, 0.717) is 36.0 Å². The summed E-state index contributed by atoms with van der Waals surface area (Å²) in [6.45, 7) is 6.26. The molecule has 0 saturated carbocycles. The molecule has 1 unspecified atom stereocenters. The second-order valence-electron chi connectivity index (χ2n) is 8.02. The molecule has 0 aliphatic carbocycles. The van der Waals surface area contributed by atoms with Crippen LogP contribution in [-0.4, -0.2) is 34.9 Å². The van der Waals surface area contributed by atoms with Crippen molar-refractivity contribution in [2.24, 2.45) is 0 Å². The summed E-state index contributed by atoms with van der Waals surface area (Å²) >= 11 is 0. The fourth-order valence-corrected chi connectivity index (χ4v) is 4.04. The lowest BCUT2D eigenvalue weighted by atomic mass is 9.95. The van der Waals surface area contributed by atoms with Crippen molar-refractivity contribution in [3.8, 4) is 11.5 Å². The van der Waals surface area contributed by atoms with Crippen LogP contribution in [0.1, 0.15) is 29.9 Å². The van der Waals surface area contributed by atoms with Gasteiger partial charge in [0, 0.05) is 0 Å². The lowest BCUT2D eigenvalue weighted by Gasteiger charge is -2.26. The van der Waals surface area contributed by atoms with Crippen molar-refractivity contribution in [1.29, 1.82) is 0 Å². The van der Waals surface area contributed by atoms with Crippen molar-refractivity contribution in [2.45, 2.75) is 19.5 Å². The molecule has 4 rings (SSSR count). The Morgan fingerprint density at radius 2 is 1.92 bits per heavy atom. The van der Waals surface area contributed by atoms with Gasteiger partial charge in [0.25, 0.3) is 5.91 Å². The number of carbonyl (C=O) groups is 2. The maximum atomic E-state index is 13.4. The Morgan fingerprint density at radius 1 is 1.11 bits per heavy atom. The first-order chi connectivity index (χ1) is 17.5. The molecule has 2 heterocycles. The molecule has 1 N–H and O–H groups in total. The molecule has 7 nitrogen and oxygen atoms in total. The minimum absolute atomic E-state index is 0.0130. The number of furan rings is 1. The summed E-state index contributed by atoms with van der Waals surface area (Å²) < 4.78 is 16.9. The number of hydrogen-bond acceptors (Lipinski definition) is 6. The largest absolute Gasteiger partial charge is 0.503 e. The number of benzene rings is 2. The van der Waals surface area contributed by atoms with Crippen LogP contribution in [-0.2, 0) is 16.1 Å². The highest BCUT2D eigenvalue weighted by Crippen LogP contribution is 2.42. The standard InChI is InChI=1S/C29H27NO6/c1-3-16-36-24-15-13-21(18-25(24)34-4-2)27-26(23(31)14-12-20-9-6-5-7-10-20)28(32)29(33)30(27)19-22-11-8-17-35-22/h3,5-15,17-18,27,32H,1,4,16,19H2,2H3/b14-12+. The molecule has 3 aromatic rings. The van der Waals surface area contributed by atoms with E-state index in [1.54, 1.807) is 42.5 Å². The summed E-state index contributed by atoms with van der Waals surface area (Å²) in [4.78, 5) is 27.9. The number of amides is 1. The molecule has 0 fully saturated rings. The fourth-order valence-electron chi connectivity index (χ4n) is 4.04. The summed E-state index contributed by atoms with van der Waals surface area (Å²) in [6, 6.07) is 17.1. The molecule has 1 aliphatic heterocycles. The van der Waals surface area contributed by atoms with Crippen LogP contribution >= 0.6 is 0 Å². The highest BCUT2D eigenvalue weighted by atomic mass is 16.5. The summed E-state index contributed by atoms with van der Waals surface area (Å²) in [6.07, 6.45) is 6.15. The lowest BCUT2D eigenvalue weighted by Crippen LogP contribution is -2.30.